The molecule has 1 atom stereocenters. The molecule has 0 heterocycles. The predicted octanol–water partition coefficient (Wildman–Crippen LogP) is 20.2. The molecule has 6 heteroatoms. The number of hydrogen-bond donors (Lipinski definition) is 0. The third-order valence-electron chi connectivity index (χ3n) is 13.3. The van der Waals surface area contributed by atoms with Crippen molar-refractivity contribution in [3.63, 3.8) is 0 Å². The van der Waals surface area contributed by atoms with E-state index in [1.807, 2.05) is 0 Å². The number of unbranched alkanes of at least 4 members (excludes halogenated alkanes) is 36. The van der Waals surface area contributed by atoms with Gasteiger partial charge in [-0.05, 0) is 57.8 Å². The van der Waals surface area contributed by atoms with E-state index in [0.29, 0.717) is 19.3 Å². The lowest BCUT2D eigenvalue weighted by molar-refractivity contribution is -0.167. The van der Waals surface area contributed by atoms with E-state index < -0.39 is 6.10 Å². The van der Waals surface area contributed by atoms with Crippen LogP contribution in [0, 0.1) is 0 Å². The summed E-state index contributed by atoms with van der Waals surface area (Å²) in [6, 6.07) is 0. The first-order chi connectivity index (χ1) is 34.0. The van der Waals surface area contributed by atoms with Crippen LogP contribution in [0.3, 0.4) is 0 Å². The average Bonchev–Trinajstić information content (AvgIpc) is 3.35. The Kier molecular flexibility index (Phi) is 55.7. The summed E-state index contributed by atoms with van der Waals surface area (Å²) in [6.07, 6.45) is 71.2. The summed E-state index contributed by atoms with van der Waals surface area (Å²) in [4.78, 5) is 38.1. The number of esters is 3. The first-order valence-electron chi connectivity index (χ1n) is 30.1. The van der Waals surface area contributed by atoms with Crippen molar-refractivity contribution in [1.29, 1.82) is 0 Å². The van der Waals surface area contributed by atoms with Crippen LogP contribution in [0.25, 0.3) is 0 Å². The zero-order valence-electron chi connectivity index (χ0n) is 46.1. The van der Waals surface area contributed by atoms with Crippen LogP contribution in [0.15, 0.2) is 48.6 Å². The van der Waals surface area contributed by atoms with E-state index in [-0.39, 0.29) is 31.1 Å². The number of hydrogen-bond acceptors (Lipinski definition) is 6. The van der Waals surface area contributed by atoms with Gasteiger partial charge in [-0.25, -0.2) is 0 Å². The van der Waals surface area contributed by atoms with Crippen LogP contribution in [-0.4, -0.2) is 37.2 Å². The normalized spacial score (nSPS) is 12.3. The highest BCUT2D eigenvalue weighted by atomic mass is 16.6. The molecule has 0 fully saturated rings. The smallest absolute Gasteiger partial charge is 0.306 e. The second-order valence-corrected chi connectivity index (χ2v) is 20.2. The van der Waals surface area contributed by atoms with Crippen LogP contribution in [0.5, 0.6) is 0 Å². The minimum atomic E-state index is -0.777. The van der Waals surface area contributed by atoms with Gasteiger partial charge in [0.05, 0.1) is 0 Å². The highest BCUT2D eigenvalue weighted by Gasteiger charge is 2.19. The van der Waals surface area contributed by atoms with Gasteiger partial charge in [-0.1, -0.05) is 288 Å². The van der Waals surface area contributed by atoms with Crippen molar-refractivity contribution >= 4 is 17.9 Å². The molecule has 0 aromatic heterocycles. The minimum Gasteiger partial charge on any atom is -0.462 e. The van der Waals surface area contributed by atoms with Gasteiger partial charge >= 0.3 is 17.9 Å². The molecule has 0 N–H and O–H groups in total. The quantitative estimate of drug-likeness (QED) is 0.0262. The van der Waals surface area contributed by atoms with Crippen LogP contribution < -0.4 is 0 Å². The summed E-state index contributed by atoms with van der Waals surface area (Å²) in [7, 11) is 0. The number of carbonyl (C=O) groups excluding carboxylic acids is 3. The zero-order chi connectivity index (χ0) is 50.0. The van der Waals surface area contributed by atoms with E-state index in [0.717, 1.165) is 96.3 Å². The van der Waals surface area contributed by atoms with E-state index in [2.05, 4.69) is 69.4 Å². The van der Waals surface area contributed by atoms with Gasteiger partial charge < -0.3 is 14.2 Å². The van der Waals surface area contributed by atoms with Crippen LogP contribution in [0.2, 0.25) is 0 Å². The fraction of sp³-hybridized carbons (Fsp3) is 0.825. The molecular weight excluding hydrogens is 853 g/mol. The maximum absolute atomic E-state index is 12.8. The molecule has 1 unspecified atom stereocenters. The Morgan fingerprint density at radius 3 is 0.884 bits per heavy atom. The fourth-order valence-corrected chi connectivity index (χ4v) is 8.85. The average molecular weight is 968 g/mol. The molecule has 0 aliphatic rings. The summed E-state index contributed by atoms with van der Waals surface area (Å²) in [5, 5.41) is 0. The van der Waals surface area contributed by atoms with E-state index in [1.165, 1.54) is 180 Å². The first kappa shape index (κ1) is 66.4. The summed E-state index contributed by atoms with van der Waals surface area (Å²) in [5.74, 6) is -0.875. The van der Waals surface area contributed by atoms with Crippen molar-refractivity contribution in [1.82, 2.24) is 0 Å². The molecule has 69 heavy (non-hydrogen) atoms. The summed E-state index contributed by atoms with van der Waals surface area (Å²) >= 11 is 0. The van der Waals surface area contributed by atoms with Crippen LogP contribution in [0.1, 0.15) is 316 Å². The first-order valence-corrected chi connectivity index (χ1v) is 30.1. The van der Waals surface area contributed by atoms with Crippen LogP contribution in [0.4, 0.5) is 0 Å². The van der Waals surface area contributed by atoms with Crippen molar-refractivity contribution in [3.05, 3.63) is 48.6 Å². The van der Waals surface area contributed by atoms with Crippen LogP contribution in [-0.2, 0) is 28.6 Å². The third kappa shape index (κ3) is 56.2. The van der Waals surface area contributed by atoms with Gasteiger partial charge in [-0.2, -0.15) is 0 Å². The molecule has 0 aromatic carbocycles. The molecule has 0 bridgehead atoms. The monoisotopic (exact) mass is 967 g/mol. The van der Waals surface area contributed by atoms with Crippen molar-refractivity contribution in [3.8, 4) is 0 Å². The van der Waals surface area contributed by atoms with Gasteiger partial charge in [0.2, 0.25) is 0 Å². The number of ether oxygens (including phenoxy) is 3. The lowest BCUT2D eigenvalue weighted by Gasteiger charge is -2.18. The van der Waals surface area contributed by atoms with Gasteiger partial charge in [-0.3, -0.25) is 14.4 Å². The summed E-state index contributed by atoms with van der Waals surface area (Å²) < 4.78 is 16.8. The molecule has 402 valence electrons. The van der Waals surface area contributed by atoms with Gasteiger partial charge in [0.15, 0.2) is 6.10 Å². The molecule has 0 spiro atoms. The minimum absolute atomic E-state index is 0.0749. The fourth-order valence-electron chi connectivity index (χ4n) is 8.85. The van der Waals surface area contributed by atoms with E-state index in [1.54, 1.807) is 0 Å². The number of rotatable bonds is 55. The molecule has 0 aliphatic carbocycles. The Morgan fingerprint density at radius 1 is 0.304 bits per heavy atom. The van der Waals surface area contributed by atoms with E-state index in [4.69, 9.17) is 14.2 Å². The van der Waals surface area contributed by atoms with Crippen LogP contribution >= 0.6 is 0 Å². The zero-order valence-corrected chi connectivity index (χ0v) is 46.1. The Bertz CT molecular complexity index is 1200. The molecular formula is C63H114O6. The number of carbonyl (C=O) groups is 3. The molecule has 0 aromatic rings. The lowest BCUT2D eigenvalue weighted by Crippen LogP contribution is -2.30. The largest absolute Gasteiger partial charge is 0.462 e. The molecule has 0 aliphatic heterocycles. The Labute approximate surface area is 428 Å². The molecule has 0 rings (SSSR count). The summed E-state index contributed by atoms with van der Waals surface area (Å²) in [5.41, 5.74) is 0. The van der Waals surface area contributed by atoms with Crippen molar-refractivity contribution in [2.45, 2.75) is 322 Å². The number of allylic oxidation sites excluding steroid dienone is 8. The molecule has 0 amide bonds. The second-order valence-electron chi connectivity index (χ2n) is 20.2. The highest BCUT2D eigenvalue weighted by Crippen LogP contribution is 2.17. The Morgan fingerprint density at radius 2 is 0.565 bits per heavy atom. The Balaban J connectivity index is 4.21. The maximum atomic E-state index is 12.8. The molecule has 0 radical (unpaired) electrons. The topological polar surface area (TPSA) is 78.9 Å². The molecule has 0 saturated heterocycles. The Hall–Kier alpha value is -2.63. The predicted molar refractivity (Wildman–Crippen MR) is 298 cm³/mol. The molecule has 6 nitrogen and oxygen atoms in total. The van der Waals surface area contributed by atoms with Gasteiger partial charge in [-0.15, -0.1) is 0 Å². The standard InChI is InChI=1S/C63H114O6/c1-4-7-10-13-16-19-21-23-25-27-29-30-31-32-34-35-37-39-41-44-47-50-53-56-62(65)68-59-60(58-67-61(64)55-52-49-46-43-18-15-12-9-6-3)69-63(66)57-54-51-48-45-42-40-38-36-33-28-26-24-22-20-17-14-11-8-5-2/h8,11,17,20,24,26,33,36,60H,4-7,9-10,12-16,18-19,21-23,25,27-32,34-35,37-59H2,1-3H3/b11-8-,20-17-,26-24-,36-33-. The van der Waals surface area contributed by atoms with Crippen molar-refractivity contribution in [2.24, 2.45) is 0 Å². The summed E-state index contributed by atoms with van der Waals surface area (Å²) in [6.45, 7) is 6.54. The van der Waals surface area contributed by atoms with Crippen molar-refractivity contribution in [2.75, 3.05) is 13.2 Å². The lowest BCUT2D eigenvalue weighted by atomic mass is 10.0. The van der Waals surface area contributed by atoms with Gasteiger partial charge in [0, 0.05) is 19.3 Å². The van der Waals surface area contributed by atoms with Gasteiger partial charge in [0.25, 0.3) is 0 Å². The highest BCUT2D eigenvalue weighted by molar-refractivity contribution is 5.71. The SMILES string of the molecule is CC/C=C\C/C=C\C/C=C\C/C=C\CCCCCCCCC(=O)OC(COC(=O)CCCCCCCCCCC)COC(=O)CCCCCCCCCCCCCCCCCCCCCCCCC. The molecule has 0 saturated carbocycles. The van der Waals surface area contributed by atoms with Crippen molar-refractivity contribution < 1.29 is 28.6 Å². The second kappa shape index (κ2) is 57.9. The van der Waals surface area contributed by atoms with Gasteiger partial charge in [0.1, 0.15) is 13.2 Å². The third-order valence-corrected chi connectivity index (χ3v) is 13.3. The van der Waals surface area contributed by atoms with E-state index >= 15 is 0 Å². The maximum Gasteiger partial charge on any atom is 0.306 e. The van der Waals surface area contributed by atoms with E-state index in [9.17, 15) is 14.4 Å².